The van der Waals surface area contributed by atoms with E-state index in [1.54, 1.807) is 11.9 Å². The molecule has 2 amide bonds. The molecular weight excluding hydrogens is 242 g/mol. The van der Waals surface area contributed by atoms with Crippen molar-refractivity contribution in [1.29, 1.82) is 0 Å². The molecule has 0 aromatic heterocycles. The van der Waals surface area contributed by atoms with Gasteiger partial charge in [0.05, 0.1) is 6.54 Å². The van der Waals surface area contributed by atoms with E-state index in [2.05, 4.69) is 5.32 Å². The van der Waals surface area contributed by atoms with Crippen LogP contribution in [0.3, 0.4) is 0 Å². The maximum atomic E-state index is 12.3. The fraction of sp³-hybridized carbons (Fsp3) is 0.857. The molecular formula is C14H27N3O2. The predicted molar refractivity (Wildman–Crippen MR) is 75.4 cm³/mol. The molecule has 0 radical (unpaired) electrons. The maximum absolute atomic E-state index is 12.3. The van der Waals surface area contributed by atoms with Crippen molar-refractivity contribution in [1.82, 2.24) is 10.2 Å². The minimum Gasteiger partial charge on any atom is -0.355 e. The molecule has 2 atom stereocenters. The molecule has 1 fully saturated rings. The zero-order valence-electron chi connectivity index (χ0n) is 12.2. The molecule has 1 rings (SSSR count). The number of hydrogen-bond acceptors (Lipinski definition) is 3. The number of carbonyl (C=O) groups excluding carboxylic acids is 2. The van der Waals surface area contributed by atoms with Crippen molar-refractivity contribution < 1.29 is 9.59 Å². The summed E-state index contributed by atoms with van der Waals surface area (Å²) in [5, 5.41) is 2.71. The Labute approximate surface area is 115 Å². The van der Waals surface area contributed by atoms with Crippen LogP contribution in [0.25, 0.3) is 0 Å². The quantitative estimate of drug-likeness (QED) is 0.746. The van der Waals surface area contributed by atoms with Gasteiger partial charge in [0, 0.05) is 19.5 Å². The first-order valence-electron chi connectivity index (χ1n) is 7.30. The zero-order valence-corrected chi connectivity index (χ0v) is 12.2. The number of nitrogens with one attached hydrogen (secondary N) is 1. The number of amides is 2. The van der Waals surface area contributed by atoms with Crippen LogP contribution in [-0.4, -0.2) is 43.4 Å². The number of nitrogens with zero attached hydrogens (tertiary/aromatic N) is 1. The minimum atomic E-state index is -0.0901. The fourth-order valence-corrected chi connectivity index (χ4v) is 2.87. The van der Waals surface area contributed by atoms with Gasteiger partial charge >= 0.3 is 0 Å². The Hall–Kier alpha value is -1.10. The highest BCUT2D eigenvalue weighted by Crippen LogP contribution is 2.31. The van der Waals surface area contributed by atoms with Gasteiger partial charge in [-0.3, -0.25) is 9.59 Å². The van der Waals surface area contributed by atoms with E-state index in [9.17, 15) is 9.59 Å². The van der Waals surface area contributed by atoms with Gasteiger partial charge in [0.1, 0.15) is 0 Å². The zero-order chi connectivity index (χ0) is 14.3. The van der Waals surface area contributed by atoms with Gasteiger partial charge in [0.2, 0.25) is 11.8 Å². The summed E-state index contributed by atoms with van der Waals surface area (Å²) in [5.41, 5.74) is 5.59. The average molecular weight is 269 g/mol. The van der Waals surface area contributed by atoms with E-state index in [1.807, 2.05) is 6.92 Å². The number of likely N-dealkylation sites (N-methyl/N-ethyl adjacent to an activating group) is 2. The summed E-state index contributed by atoms with van der Waals surface area (Å²) in [7, 11) is 1.71. The van der Waals surface area contributed by atoms with Crippen LogP contribution in [0, 0.1) is 11.8 Å². The van der Waals surface area contributed by atoms with Gasteiger partial charge in [-0.25, -0.2) is 0 Å². The van der Waals surface area contributed by atoms with Crippen molar-refractivity contribution >= 4 is 11.8 Å². The molecule has 19 heavy (non-hydrogen) atoms. The summed E-state index contributed by atoms with van der Waals surface area (Å²) in [5.74, 6) is 0.663. The maximum Gasteiger partial charge on any atom is 0.239 e. The lowest BCUT2D eigenvalue weighted by Crippen LogP contribution is -2.42. The standard InChI is InChI=1S/C14H27N3O2/c1-3-16-13(18)10-17(2)14(19)12-6-4-5-11(9-12)7-8-15/h11-12H,3-10,15H2,1-2H3,(H,16,18). The molecule has 0 heterocycles. The predicted octanol–water partition coefficient (Wildman–Crippen LogP) is 0.736. The Bertz CT molecular complexity index is 305. The molecule has 0 bridgehead atoms. The summed E-state index contributed by atoms with van der Waals surface area (Å²) in [6.45, 7) is 3.33. The van der Waals surface area contributed by atoms with Gasteiger partial charge in [0.25, 0.3) is 0 Å². The van der Waals surface area contributed by atoms with Crippen molar-refractivity contribution in [3.63, 3.8) is 0 Å². The van der Waals surface area contributed by atoms with Crippen LogP contribution in [0.4, 0.5) is 0 Å². The highest BCUT2D eigenvalue weighted by Gasteiger charge is 2.29. The van der Waals surface area contributed by atoms with Gasteiger partial charge in [-0.1, -0.05) is 12.8 Å². The van der Waals surface area contributed by atoms with Gasteiger partial charge in [0.15, 0.2) is 0 Å². The average Bonchev–Trinajstić information content (AvgIpc) is 2.38. The summed E-state index contributed by atoms with van der Waals surface area (Å²) < 4.78 is 0. The Kier molecular flexibility index (Phi) is 6.84. The topological polar surface area (TPSA) is 75.4 Å². The molecule has 1 saturated carbocycles. The Morgan fingerprint density at radius 3 is 2.74 bits per heavy atom. The lowest BCUT2D eigenvalue weighted by Gasteiger charge is -2.30. The molecule has 0 aliphatic heterocycles. The van der Waals surface area contributed by atoms with Crippen LogP contribution in [0.2, 0.25) is 0 Å². The molecule has 1 aliphatic rings. The Morgan fingerprint density at radius 2 is 2.11 bits per heavy atom. The summed E-state index contributed by atoms with van der Waals surface area (Å²) in [6.07, 6.45) is 5.15. The molecule has 1 aliphatic carbocycles. The second kappa shape index (κ2) is 8.15. The second-order valence-electron chi connectivity index (χ2n) is 5.45. The first-order chi connectivity index (χ1) is 9.08. The second-order valence-corrected chi connectivity index (χ2v) is 5.45. The minimum absolute atomic E-state index is 0.0738. The normalized spacial score (nSPS) is 22.9. The van der Waals surface area contributed by atoms with E-state index >= 15 is 0 Å². The third kappa shape index (κ3) is 5.19. The molecule has 2 unspecified atom stereocenters. The van der Waals surface area contributed by atoms with Crippen LogP contribution >= 0.6 is 0 Å². The van der Waals surface area contributed by atoms with E-state index in [4.69, 9.17) is 5.73 Å². The molecule has 3 N–H and O–H groups in total. The van der Waals surface area contributed by atoms with Gasteiger partial charge in [-0.2, -0.15) is 0 Å². The van der Waals surface area contributed by atoms with E-state index in [0.29, 0.717) is 19.0 Å². The monoisotopic (exact) mass is 269 g/mol. The molecule has 0 aromatic carbocycles. The fourth-order valence-electron chi connectivity index (χ4n) is 2.87. The van der Waals surface area contributed by atoms with Crippen LogP contribution in [0.5, 0.6) is 0 Å². The van der Waals surface area contributed by atoms with E-state index < -0.39 is 0 Å². The molecule has 0 spiro atoms. The molecule has 5 nitrogen and oxygen atoms in total. The third-order valence-corrected chi connectivity index (χ3v) is 3.84. The highest BCUT2D eigenvalue weighted by atomic mass is 16.2. The summed E-state index contributed by atoms with van der Waals surface area (Å²) >= 11 is 0. The van der Waals surface area contributed by atoms with Crippen LogP contribution < -0.4 is 11.1 Å². The lowest BCUT2D eigenvalue weighted by atomic mass is 9.79. The van der Waals surface area contributed by atoms with Crippen molar-refractivity contribution in [2.45, 2.75) is 39.0 Å². The molecule has 5 heteroatoms. The smallest absolute Gasteiger partial charge is 0.239 e. The SMILES string of the molecule is CCNC(=O)CN(C)C(=O)C1CCCC(CCN)C1. The third-order valence-electron chi connectivity index (χ3n) is 3.84. The van der Waals surface area contributed by atoms with Crippen molar-refractivity contribution in [3.8, 4) is 0 Å². The first-order valence-corrected chi connectivity index (χ1v) is 7.30. The van der Waals surface area contributed by atoms with Gasteiger partial charge in [-0.05, 0) is 38.6 Å². The van der Waals surface area contributed by atoms with Crippen LogP contribution in [0.1, 0.15) is 39.0 Å². The van der Waals surface area contributed by atoms with Crippen molar-refractivity contribution in [3.05, 3.63) is 0 Å². The van der Waals surface area contributed by atoms with Crippen molar-refractivity contribution in [2.24, 2.45) is 17.6 Å². The van der Waals surface area contributed by atoms with Crippen LogP contribution in [0.15, 0.2) is 0 Å². The molecule has 110 valence electrons. The van der Waals surface area contributed by atoms with E-state index in [-0.39, 0.29) is 24.3 Å². The van der Waals surface area contributed by atoms with E-state index in [1.165, 1.54) is 6.42 Å². The van der Waals surface area contributed by atoms with Crippen molar-refractivity contribution in [2.75, 3.05) is 26.7 Å². The van der Waals surface area contributed by atoms with E-state index in [0.717, 1.165) is 25.7 Å². The number of nitrogens with two attached hydrogens (primary N) is 1. The number of hydrogen-bond donors (Lipinski definition) is 2. The summed E-state index contributed by atoms with van der Waals surface area (Å²) in [4.78, 5) is 25.3. The lowest BCUT2D eigenvalue weighted by molar-refractivity contribution is -0.139. The van der Waals surface area contributed by atoms with Gasteiger partial charge in [-0.15, -0.1) is 0 Å². The number of rotatable bonds is 6. The molecule has 0 saturated heterocycles. The highest BCUT2D eigenvalue weighted by molar-refractivity contribution is 5.85. The first kappa shape index (κ1) is 16.0. The van der Waals surface area contributed by atoms with Gasteiger partial charge < -0.3 is 16.0 Å². The largest absolute Gasteiger partial charge is 0.355 e. The Morgan fingerprint density at radius 1 is 1.37 bits per heavy atom. The molecule has 0 aromatic rings. The number of carbonyl (C=O) groups is 2. The summed E-state index contributed by atoms with van der Waals surface area (Å²) in [6, 6.07) is 0. The Balaban J connectivity index is 2.44. The van der Waals surface area contributed by atoms with Crippen LogP contribution in [-0.2, 0) is 9.59 Å².